The highest BCUT2D eigenvalue weighted by Gasteiger charge is 2.22. The Bertz CT molecular complexity index is 376. The molecule has 3 nitrogen and oxygen atoms in total. The van der Waals surface area contributed by atoms with Gasteiger partial charge in [-0.3, -0.25) is 0 Å². The molecule has 1 atom stereocenters. The van der Waals surface area contributed by atoms with Crippen LogP contribution in [-0.4, -0.2) is 20.1 Å². The summed E-state index contributed by atoms with van der Waals surface area (Å²) in [7, 11) is 3.17. The Labute approximate surface area is 96.8 Å². The second kappa shape index (κ2) is 5.12. The number of nitrogens with one attached hydrogen (secondary N) is 1. The molecule has 1 N–H and O–H groups in total. The lowest BCUT2D eigenvalue weighted by Crippen LogP contribution is -2.28. The minimum atomic E-state index is -0.384. The Hall–Kier alpha value is -1.35. The van der Waals surface area contributed by atoms with Crippen molar-refractivity contribution in [3.8, 4) is 0 Å². The average molecular weight is 221 g/mol. The van der Waals surface area contributed by atoms with E-state index in [1.807, 2.05) is 13.8 Å². The molecule has 1 unspecified atom stereocenters. The Morgan fingerprint density at radius 1 is 1.25 bits per heavy atom. The van der Waals surface area contributed by atoms with Crippen LogP contribution in [0.1, 0.15) is 28.3 Å². The van der Waals surface area contributed by atoms with Crippen LogP contribution in [0.15, 0.2) is 12.1 Å². The van der Waals surface area contributed by atoms with Crippen molar-refractivity contribution in [2.75, 3.05) is 14.2 Å². The monoisotopic (exact) mass is 221 g/mol. The van der Waals surface area contributed by atoms with E-state index in [9.17, 15) is 4.79 Å². The Morgan fingerprint density at radius 2 is 1.75 bits per heavy atom. The van der Waals surface area contributed by atoms with E-state index in [-0.39, 0.29) is 12.0 Å². The Balaban J connectivity index is 3.25. The van der Waals surface area contributed by atoms with Crippen LogP contribution < -0.4 is 5.32 Å². The summed E-state index contributed by atoms with van der Waals surface area (Å²) in [5.74, 6) is -0.252. The van der Waals surface area contributed by atoms with Crippen molar-refractivity contribution >= 4 is 5.97 Å². The van der Waals surface area contributed by atoms with E-state index < -0.39 is 0 Å². The number of hydrogen-bond donors (Lipinski definition) is 1. The van der Waals surface area contributed by atoms with Gasteiger partial charge in [0, 0.05) is 0 Å². The summed E-state index contributed by atoms with van der Waals surface area (Å²) < 4.78 is 4.80. The number of carbonyl (C=O) groups is 1. The van der Waals surface area contributed by atoms with Gasteiger partial charge in [-0.15, -0.1) is 0 Å². The third kappa shape index (κ3) is 2.42. The molecule has 0 radical (unpaired) electrons. The summed E-state index contributed by atoms with van der Waals surface area (Å²) in [6.45, 7) is 6.08. The van der Waals surface area contributed by atoms with Crippen LogP contribution in [0.5, 0.6) is 0 Å². The molecule has 0 saturated carbocycles. The fourth-order valence-electron chi connectivity index (χ4n) is 2.14. The summed E-state index contributed by atoms with van der Waals surface area (Å²) >= 11 is 0. The molecule has 0 aromatic heterocycles. The van der Waals surface area contributed by atoms with Gasteiger partial charge in [-0.25, -0.2) is 4.79 Å². The van der Waals surface area contributed by atoms with Gasteiger partial charge < -0.3 is 10.1 Å². The van der Waals surface area contributed by atoms with Crippen LogP contribution in [0.2, 0.25) is 0 Å². The number of aryl methyl sites for hydroxylation is 3. The first-order chi connectivity index (χ1) is 7.51. The lowest BCUT2D eigenvalue weighted by molar-refractivity contribution is -0.143. The predicted molar refractivity (Wildman–Crippen MR) is 64.5 cm³/mol. The molecular formula is C13H19NO2. The molecule has 0 bridgehead atoms. The number of likely N-dealkylation sites (N-methyl/N-ethyl adjacent to an activating group) is 1. The van der Waals surface area contributed by atoms with E-state index in [0.29, 0.717) is 0 Å². The number of esters is 1. The normalized spacial score (nSPS) is 12.3. The summed E-state index contributed by atoms with van der Waals surface area (Å²) in [6, 6.07) is 3.77. The molecule has 1 aromatic carbocycles. The largest absolute Gasteiger partial charge is 0.468 e. The Kier molecular flexibility index (Phi) is 4.07. The van der Waals surface area contributed by atoms with Gasteiger partial charge in [0.05, 0.1) is 7.11 Å². The molecule has 0 heterocycles. The molecule has 1 rings (SSSR count). The second-order valence-corrected chi connectivity index (χ2v) is 4.06. The van der Waals surface area contributed by atoms with Gasteiger partial charge in [0.2, 0.25) is 0 Å². The zero-order valence-corrected chi connectivity index (χ0v) is 10.5. The quantitative estimate of drug-likeness (QED) is 0.794. The molecule has 1 aromatic rings. The number of carbonyl (C=O) groups excluding carboxylic acids is 1. The maximum Gasteiger partial charge on any atom is 0.327 e. The molecule has 0 amide bonds. The van der Waals surface area contributed by atoms with E-state index in [1.165, 1.54) is 12.7 Å². The van der Waals surface area contributed by atoms with Crippen LogP contribution in [0.25, 0.3) is 0 Å². The number of benzene rings is 1. The molecule has 0 aliphatic carbocycles. The van der Waals surface area contributed by atoms with Crippen LogP contribution in [0.4, 0.5) is 0 Å². The van der Waals surface area contributed by atoms with Gasteiger partial charge in [0.1, 0.15) is 6.04 Å². The van der Waals surface area contributed by atoms with Crippen molar-refractivity contribution in [1.29, 1.82) is 0 Å². The van der Waals surface area contributed by atoms with Crippen molar-refractivity contribution in [3.05, 3.63) is 34.4 Å². The fourth-order valence-corrected chi connectivity index (χ4v) is 2.14. The molecule has 88 valence electrons. The van der Waals surface area contributed by atoms with Gasteiger partial charge in [-0.1, -0.05) is 17.7 Å². The third-order valence-electron chi connectivity index (χ3n) is 2.75. The highest BCUT2D eigenvalue weighted by molar-refractivity contribution is 5.78. The third-order valence-corrected chi connectivity index (χ3v) is 2.75. The standard InChI is InChI=1S/C13H19NO2/c1-8-6-9(2)11(10(3)7-8)12(14-4)13(15)16-5/h6-7,12,14H,1-5H3. The van der Waals surface area contributed by atoms with Crippen molar-refractivity contribution < 1.29 is 9.53 Å². The minimum absolute atomic E-state index is 0.252. The van der Waals surface area contributed by atoms with Crippen LogP contribution in [0.3, 0.4) is 0 Å². The molecule has 0 aliphatic heterocycles. The second-order valence-electron chi connectivity index (χ2n) is 4.06. The van der Waals surface area contributed by atoms with Gasteiger partial charge in [-0.05, 0) is 44.5 Å². The maximum absolute atomic E-state index is 11.6. The molecule has 0 spiro atoms. The van der Waals surface area contributed by atoms with Crippen LogP contribution in [0, 0.1) is 20.8 Å². The first-order valence-corrected chi connectivity index (χ1v) is 5.34. The van der Waals surface area contributed by atoms with Gasteiger partial charge in [-0.2, -0.15) is 0 Å². The first-order valence-electron chi connectivity index (χ1n) is 5.34. The first kappa shape index (κ1) is 12.7. The summed E-state index contributed by atoms with van der Waals surface area (Å²) in [6.07, 6.45) is 0. The van der Waals surface area contributed by atoms with Crippen molar-refractivity contribution in [1.82, 2.24) is 5.32 Å². The number of methoxy groups -OCH3 is 1. The van der Waals surface area contributed by atoms with Crippen LogP contribution in [-0.2, 0) is 9.53 Å². The summed E-state index contributed by atoms with van der Waals surface area (Å²) in [4.78, 5) is 11.6. The van der Waals surface area contributed by atoms with Crippen molar-refractivity contribution in [2.45, 2.75) is 26.8 Å². The van der Waals surface area contributed by atoms with Crippen molar-refractivity contribution in [3.63, 3.8) is 0 Å². The highest BCUT2D eigenvalue weighted by Crippen LogP contribution is 2.24. The van der Waals surface area contributed by atoms with E-state index in [0.717, 1.165) is 16.7 Å². The van der Waals surface area contributed by atoms with E-state index >= 15 is 0 Å². The average Bonchev–Trinajstić information content (AvgIpc) is 2.22. The highest BCUT2D eigenvalue weighted by atomic mass is 16.5. The lowest BCUT2D eigenvalue weighted by atomic mass is 9.94. The zero-order chi connectivity index (χ0) is 12.3. The number of hydrogen-bond acceptors (Lipinski definition) is 3. The lowest BCUT2D eigenvalue weighted by Gasteiger charge is -2.19. The summed E-state index contributed by atoms with van der Waals surface area (Å²) in [5, 5.41) is 3.00. The predicted octanol–water partition coefficient (Wildman–Crippen LogP) is 2.05. The maximum atomic E-state index is 11.6. The fraction of sp³-hybridized carbons (Fsp3) is 0.462. The Morgan fingerprint density at radius 3 is 2.12 bits per heavy atom. The van der Waals surface area contributed by atoms with Crippen molar-refractivity contribution in [2.24, 2.45) is 0 Å². The molecule has 16 heavy (non-hydrogen) atoms. The SMILES string of the molecule is CNC(C(=O)OC)c1c(C)cc(C)cc1C. The van der Waals surface area contributed by atoms with E-state index in [1.54, 1.807) is 7.05 Å². The topological polar surface area (TPSA) is 38.3 Å². The van der Waals surface area contributed by atoms with Gasteiger partial charge in [0.25, 0.3) is 0 Å². The van der Waals surface area contributed by atoms with Gasteiger partial charge in [0.15, 0.2) is 0 Å². The van der Waals surface area contributed by atoms with Crippen LogP contribution >= 0.6 is 0 Å². The smallest absolute Gasteiger partial charge is 0.327 e. The number of rotatable bonds is 3. The molecule has 3 heteroatoms. The summed E-state index contributed by atoms with van der Waals surface area (Å²) in [5.41, 5.74) is 4.45. The minimum Gasteiger partial charge on any atom is -0.468 e. The molecule has 0 aliphatic rings. The zero-order valence-electron chi connectivity index (χ0n) is 10.5. The van der Waals surface area contributed by atoms with Gasteiger partial charge >= 0.3 is 5.97 Å². The van der Waals surface area contributed by atoms with E-state index in [4.69, 9.17) is 4.74 Å². The molecule has 0 saturated heterocycles. The molecule has 0 fully saturated rings. The molecular weight excluding hydrogens is 202 g/mol. The van der Waals surface area contributed by atoms with E-state index in [2.05, 4.69) is 24.4 Å². The number of ether oxygens (including phenoxy) is 1.